The molecule has 0 saturated heterocycles. The van der Waals surface area contributed by atoms with Gasteiger partial charge in [0.1, 0.15) is 5.65 Å². The fourth-order valence-corrected chi connectivity index (χ4v) is 2.48. The Labute approximate surface area is 108 Å². The van der Waals surface area contributed by atoms with Crippen LogP contribution in [0.1, 0.15) is 37.4 Å². The van der Waals surface area contributed by atoms with Crippen molar-refractivity contribution >= 4 is 5.65 Å². The molecule has 0 aromatic carbocycles. The van der Waals surface area contributed by atoms with E-state index in [9.17, 15) is 0 Å². The molecule has 1 fully saturated rings. The van der Waals surface area contributed by atoms with Crippen molar-refractivity contribution < 1.29 is 0 Å². The second kappa shape index (κ2) is 5.11. The zero-order chi connectivity index (χ0) is 12.4. The number of nitrogens with one attached hydrogen (secondary N) is 1. The third-order valence-corrected chi connectivity index (χ3v) is 3.91. The molecule has 1 N–H and O–H groups in total. The molecular weight excluding hydrogens is 222 g/mol. The van der Waals surface area contributed by atoms with Gasteiger partial charge in [0.2, 0.25) is 0 Å². The standard InChI is InChI=1S/C15H21N3/c1-2-14-11-18-10-13(6-7-15(18)17-14)9-16-8-12-4-3-5-12/h6-7,10-12,16H,2-5,8-9H2,1H3. The van der Waals surface area contributed by atoms with Crippen LogP contribution < -0.4 is 5.32 Å². The first-order valence-corrected chi connectivity index (χ1v) is 7.02. The molecule has 1 saturated carbocycles. The van der Waals surface area contributed by atoms with Gasteiger partial charge in [-0.25, -0.2) is 4.98 Å². The number of rotatable bonds is 5. The predicted molar refractivity (Wildman–Crippen MR) is 73.6 cm³/mol. The van der Waals surface area contributed by atoms with Gasteiger partial charge >= 0.3 is 0 Å². The molecule has 0 spiro atoms. The third-order valence-electron chi connectivity index (χ3n) is 3.91. The van der Waals surface area contributed by atoms with Crippen molar-refractivity contribution in [1.82, 2.24) is 14.7 Å². The molecular formula is C15H21N3. The Morgan fingerprint density at radius 3 is 2.94 bits per heavy atom. The largest absolute Gasteiger partial charge is 0.312 e. The van der Waals surface area contributed by atoms with Gasteiger partial charge < -0.3 is 9.72 Å². The van der Waals surface area contributed by atoms with Crippen molar-refractivity contribution in [2.24, 2.45) is 5.92 Å². The van der Waals surface area contributed by atoms with Crippen molar-refractivity contribution in [2.45, 2.75) is 39.2 Å². The van der Waals surface area contributed by atoms with E-state index < -0.39 is 0 Å². The average Bonchev–Trinajstić information content (AvgIpc) is 2.74. The highest BCUT2D eigenvalue weighted by Gasteiger charge is 2.16. The lowest BCUT2D eigenvalue weighted by atomic mass is 9.85. The van der Waals surface area contributed by atoms with E-state index in [2.05, 4.69) is 46.2 Å². The molecule has 0 atom stereocenters. The number of aryl methyl sites for hydroxylation is 1. The molecule has 2 aromatic rings. The van der Waals surface area contributed by atoms with E-state index in [1.807, 2.05) is 0 Å². The third kappa shape index (κ3) is 2.41. The summed E-state index contributed by atoms with van der Waals surface area (Å²) >= 11 is 0. The fraction of sp³-hybridized carbons (Fsp3) is 0.533. The summed E-state index contributed by atoms with van der Waals surface area (Å²) < 4.78 is 2.14. The summed E-state index contributed by atoms with van der Waals surface area (Å²) in [5, 5.41) is 3.56. The van der Waals surface area contributed by atoms with Gasteiger partial charge in [0.05, 0.1) is 5.69 Å². The smallest absolute Gasteiger partial charge is 0.136 e. The van der Waals surface area contributed by atoms with Crippen LogP contribution in [0.3, 0.4) is 0 Å². The zero-order valence-electron chi connectivity index (χ0n) is 11.0. The van der Waals surface area contributed by atoms with Gasteiger partial charge in [0.15, 0.2) is 0 Å². The Morgan fingerprint density at radius 1 is 1.33 bits per heavy atom. The lowest BCUT2D eigenvalue weighted by molar-refractivity contribution is 0.301. The molecule has 0 amide bonds. The molecule has 96 valence electrons. The van der Waals surface area contributed by atoms with Gasteiger partial charge in [-0.15, -0.1) is 0 Å². The molecule has 0 radical (unpaired) electrons. The van der Waals surface area contributed by atoms with E-state index in [0.717, 1.165) is 30.2 Å². The van der Waals surface area contributed by atoms with Gasteiger partial charge in [-0.1, -0.05) is 19.4 Å². The van der Waals surface area contributed by atoms with Gasteiger partial charge in [-0.05, 0) is 43.4 Å². The molecule has 1 aliphatic carbocycles. The monoisotopic (exact) mass is 243 g/mol. The summed E-state index contributed by atoms with van der Waals surface area (Å²) in [7, 11) is 0. The van der Waals surface area contributed by atoms with Crippen LogP contribution in [0, 0.1) is 5.92 Å². The van der Waals surface area contributed by atoms with E-state index in [1.54, 1.807) is 0 Å². The Kier molecular flexibility index (Phi) is 3.33. The number of hydrogen-bond donors (Lipinski definition) is 1. The van der Waals surface area contributed by atoms with Crippen molar-refractivity contribution in [2.75, 3.05) is 6.54 Å². The number of hydrogen-bond acceptors (Lipinski definition) is 2. The SMILES string of the molecule is CCc1cn2cc(CNCC3CCC3)ccc2n1. The van der Waals surface area contributed by atoms with Crippen molar-refractivity contribution in [3.63, 3.8) is 0 Å². The number of fused-ring (bicyclic) bond motifs is 1. The Balaban J connectivity index is 1.64. The quantitative estimate of drug-likeness (QED) is 0.875. The second-order valence-corrected chi connectivity index (χ2v) is 5.32. The predicted octanol–water partition coefficient (Wildman–Crippen LogP) is 2.79. The van der Waals surface area contributed by atoms with Gasteiger partial charge in [0.25, 0.3) is 0 Å². The van der Waals surface area contributed by atoms with Crippen LogP contribution in [0.2, 0.25) is 0 Å². The van der Waals surface area contributed by atoms with E-state index in [1.165, 1.54) is 31.4 Å². The first kappa shape index (κ1) is 11.7. The van der Waals surface area contributed by atoms with Crippen molar-refractivity contribution in [3.8, 4) is 0 Å². The minimum Gasteiger partial charge on any atom is -0.312 e. The topological polar surface area (TPSA) is 29.3 Å². The van der Waals surface area contributed by atoms with E-state index in [-0.39, 0.29) is 0 Å². The minimum atomic E-state index is 0.925. The maximum Gasteiger partial charge on any atom is 0.136 e. The molecule has 3 rings (SSSR count). The molecule has 2 heterocycles. The van der Waals surface area contributed by atoms with Crippen LogP contribution in [-0.2, 0) is 13.0 Å². The molecule has 1 aliphatic rings. The first-order chi connectivity index (χ1) is 8.85. The first-order valence-electron chi connectivity index (χ1n) is 7.02. The van der Waals surface area contributed by atoms with Crippen molar-refractivity contribution in [1.29, 1.82) is 0 Å². The number of imidazole rings is 1. The zero-order valence-corrected chi connectivity index (χ0v) is 11.0. The van der Waals surface area contributed by atoms with E-state index in [0.29, 0.717) is 0 Å². The lowest BCUT2D eigenvalue weighted by Crippen LogP contribution is -2.26. The van der Waals surface area contributed by atoms with Crippen LogP contribution in [0.5, 0.6) is 0 Å². The Morgan fingerprint density at radius 2 is 2.22 bits per heavy atom. The fourth-order valence-electron chi connectivity index (χ4n) is 2.48. The molecule has 2 aromatic heterocycles. The van der Waals surface area contributed by atoms with E-state index in [4.69, 9.17) is 0 Å². The molecule has 18 heavy (non-hydrogen) atoms. The van der Waals surface area contributed by atoms with Crippen LogP contribution >= 0.6 is 0 Å². The van der Waals surface area contributed by atoms with Crippen LogP contribution in [0.25, 0.3) is 5.65 Å². The van der Waals surface area contributed by atoms with Gasteiger partial charge in [-0.2, -0.15) is 0 Å². The lowest BCUT2D eigenvalue weighted by Gasteiger charge is -2.25. The summed E-state index contributed by atoms with van der Waals surface area (Å²) in [6.45, 7) is 4.27. The van der Waals surface area contributed by atoms with E-state index >= 15 is 0 Å². The highest BCUT2D eigenvalue weighted by Crippen LogP contribution is 2.25. The Hall–Kier alpha value is -1.35. The summed E-state index contributed by atoms with van der Waals surface area (Å²) in [6, 6.07) is 4.29. The summed E-state index contributed by atoms with van der Waals surface area (Å²) in [5.41, 5.74) is 3.55. The number of aromatic nitrogens is 2. The molecule has 3 heteroatoms. The normalized spacial score (nSPS) is 16.1. The number of pyridine rings is 1. The van der Waals surface area contributed by atoms with Crippen LogP contribution in [-0.4, -0.2) is 15.9 Å². The Bertz CT molecular complexity index is 526. The average molecular weight is 243 g/mol. The minimum absolute atomic E-state index is 0.925. The molecule has 0 aliphatic heterocycles. The highest BCUT2D eigenvalue weighted by molar-refractivity contribution is 5.41. The summed E-state index contributed by atoms with van der Waals surface area (Å²) in [6.07, 6.45) is 9.56. The number of nitrogens with zero attached hydrogens (tertiary/aromatic N) is 2. The van der Waals surface area contributed by atoms with Crippen LogP contribution in [0.4, 0.5) is 0 Å². The maximum atomic E-state index is 4.55. The van der Waals surface area contributed by atoms with Crippen molar-refractivity contribution in [3.05, 3.63) is 35.8 Å². The molecule has 0 bridgehead atoms. The summed E-state index contributed by atoms with van der Waals surface area (Å²) in [5.74, 6) is 0.925. The second-order valence-electron chi connectivity index (χ2n) is 5.32. The van der Waals surface area contributed by atoms with Gasteiger partial charge in [0, 0.05) is 18.9 Å². The molecule has 0 unspecified atom stereocenters. The van der Waals surface area contributed by atoms with Gasteiger partial charge in [-0.3, -0.25) is 0 Å². The maximum absolute atomic E-state index is 4.55. The molecule has 3 nitrogen and oxygen atoms in total. The summed E-state index contributed by atoms with van der Waals surface area (Å²) in [4.78, 5) is 4.55. The highest BCUT2D eigenvalue weighted by atomic mass is 15.0. The van der Waals surface area contributed by atoms with Crippen LogP contribution in [0.15, 0.2) is 24.5 Å².